The molecule has 0 heterocycles. The van der Waals surface area contributed by atoms with Crippen LogP contribution >= 0.6 is 0 Å². The van der Waals surface area contributed by atoms with E-state index in [1.807, 2.05) is 12.9 Å². The second kappa shape index (κ2) is 4.54. The molecule has 3 heteroatoms. The molecule has 76 valence electrons. The Morgan fingerprint density at radius 2 is 1.85 bits per heavy atom. The Morgan fingerprint density at radius 1 is 1.31 bits per heavy atom. The highest BCUT2D eigenvalue weighted by Crippen LogP contribution is 2.25. The summed E-state index contributed by atoms with van der Waals surface area (Å²) < 4.78 is 0. The summed E-state index contributed by atoms with van der Waals surface area (Å²) in [7, 11) is 0. The Hall–Kier alpha value is -0.660. The van der Waals surface area contributed by atoms with Crippen molar-refractivity contribution in [2.75, 3.05) is 0 Å². The van der Waals surface area contributed by atoms with E-state index in [0.29, 0.717) is 5.41 Å². The highest BCUT2D eigenvalue weighted by Gasteiger charge is 2.22. The molecule has 13 heavy (non-hydrogen) atoms. The first kappa shape index (κ1) is 12.3. The summed E-state index contributed by atoms with van der Waals surface area (Å²) in [6, 6.07) is 1.86. The van der Waals surface area contributed by atoms with E-state index in [1.54, 1.807) is 0 Å². The number of hydrogen-bond acceptors (Lipinski definition) is 1. The molecule has 0 aliphatic carbocycles. The summed E-state index contributed by atoms with van der Waals surface area (Å²) in [6.07, 6.45) is 2.77. The fourth-order valence-corrected chi connectivity index (χ4v) is 1.03. The highest BCUT2D eigenvalue weighted by atomic mass is 15.0. The van der Waals surface area contributed by atoms with Crippen molar-refractivity contribution >= 4 is 6.01 Å². The third-order valence-electron chi connectivity index (χ3n) is 2.29. The summed E-state index contributed by atoms with van der Waals surface area (Å²) in [5.74, 6) is 0. The van der Waals surface area contributed by atoms with Crippen LogP contribution < -0.4 is 5.73 Å². The molecule has 0 bridgehead atoms. The molecule has 0 spiro atoms. The van der Waals surface area contributed by atoms with Crippen molar-refractivity contribution in [3.05, 3.63) is 5.41 Å². The van der Waals surface area contributed by atoms with Gasteiger partial charge in [-0.1, -0.05) is 27.7 Å². The Labute approximate surface area is 80.9 Å². The minimum atomic E-state index is -0.387. The van der Waals surface area contributed by atoms with E-state index < -0.39 is 0 Å². The molecule has 1 unspecified atom stereocenters. The van der Waals surface area contributed by atoms with Crippen molar-refractivity contribution < 1.29 is 5.73 Å². The second-order valence-corrected chi connectivity index (χ2v) is 4.85. The fourth-order valence-electron chi connectivity index (χ4n) is 1.03. The molecular formula is C10H21N3. The van der Waals surface area contributed by atoms with Crippen molar-refractivity contribution in [2.24, 2.45) is 10.4 Å². The molecule has 0 amide bonds. The van der Waals surface area contributed by atoms with Crippen LogP contribution in [0.1, 0.15) is 47.0 Å². The van der Waals surface area contributed by atoms with E-state index in [0.717, 1.165) is 19.3 Å². The van der Waals surface area contributed by atoms with Gasteiger partial charge in [-0.25, -0.2) is 0 Å². The Bertz CT molecular complexity index is 199. The van der Waals surface area contributed by atoms with Crippen LogP contribution in [0.5, 0.6) is 0 Å². The summed E-state index contributed by atoms with van der Waals surface area (Å²) in [5.41, 5.74) is 3.90. The zero-order valence-corrected chi connectivity index (χ0v) is 9.22. The van der Waals surface area contributed by atoms with Crippen LogP contribution in [-0.2, 0) is 0 Å². The molecule has 1 atom stereocenters. The molecular weight excluding hydrogens is 162 g/mol. The van der Waals surface area contributed by atoms with E-state index in [2.05, 4.69) is 31.5 Å². The largest absolute Gasteiger partial charge is 0.422 e. The lowest BCUT2D eigenvalue weighted by Gasteiger charge is -2.28. The Kier molecular flexibility index (Phi) is 4.31. The van der Waals surface area contributed by atoms with Crippen molar-refractivity contribution in [2.45, 2.75) is 52.6 Å². The standard InChI is InChI=1S/C10H20N3/c1-5-10(12,13-8-11)7-6-9(2,3)4/h5-7,12H2,1-4H3/q-1/p+1. The first-order valence-corrected chi connectivity index (χ1v) is 4.79. The smallest absolute Gasteiger partial charge is 0.113 e. The van der Waals surface area contributed by atoms with Crippen LogP contribution in [0.15, 0.2) is 4.99 Å². The molecule has 0 aromatic rings. The minimum Gasteiger partial charge on any atom is -0.422 e. The zero-order valence-electron chi connectivity index (χ0n) is 9.22. The third kappa shape index (κ3) is 5.56. The van der Waals surface area contributed by atoms with Gasteiger partial charge in [0.05, 0.1) is 0 Å². The predicted octanol–water partition coefficient (Wildman–Crippen LogP) is 1.90. The second-order valence-electron chi connectivity index (χ2n) is 4.85. The first-order valence-electron chi connectivity index (χ1n) is 4.79. The van der Waals surface area contributed by atoms with Gasteiger partial charge in [-0.2, -0.15) is 0 Å². The minimum absolute atomic E-state index is 0.295. The van der Waals surface area contributed by atoms with Gasteiger partial charge < -0.3 is 16.1 Å². The first-order chi connectivity index (χ1) is 5.83. The van der Waals surface area contributed by atoms with Crippen LogP contribution in [0, 0.1) is 5.41 Å². The molecule has 3 nitrogen and oxygen atoms in total. The van der Waals surface area contributed by atoms with Crippen molar-refractivity contribution in [3.63, 3.8) is 0 Å². The van der Waals surface area contributed by atoms with Gasteiger partial charge in [0.25, 0.3) is 0 Å². The van der Waals surface area contributed by atoms with Crippen molar-refractivity contribution in [3.8, 4) is 0 Å². The average molecular weight is 183 g/mol. The monoisotopic (exact) mass is 183 g/mol. The molecule has 0 rings (SSSR count). The van der Waals surface area contributed by atoms with Gasteiger partial charge in [0.1, 0.15) is 5.66 Å². The van der Waals surface area contributed by atoms with Crippen LogP contribution in [0.4, 0.5) is 0 Å². The van der Waals surface area contributed by atoms with Crippen LogP contribution in [-0.4, -0.2) is 11.7 Å². The highest BCUT2D eigenvalue weighted by molar-refractivity contribution is 5.45. The van der Waals surface area contributed by atoms with Crippen molar-refractivity contribution in [1.82, 2.24) is 0 Å². The van der Waals surface area contributed by atoms with E-state index in [-0.39, 0.29) is 5.66 Å². The molecule has 0 saturated heterocycles. The number of aliphatic imine (C=N–C) groups is 1. The SMILES string of the molecule is CCC([NH3+])(CCC(C)(C)C)N=C=[N-]. The third-order valence-corrected chi connectivity index (χ3v) is 2.29. The molecule has 0 aliphatic heterocycles. The van der Waals surface area contributed by atoms with Crippen molar-refractivity contribution in [1.29, 1.82) is 0 Å². The molecule has 3 N–H and O–H groups in total. The van der Waals surface area contributed by atoms with E-state index in [4.69, 9.17) is 5.41 Å². The summed E-state index contributed by atoms with van der Waals surface area (Å²) in [5, 5.41) is 8.51. The van der Waals surface area contributed by atoms with E-state index in [1.165, 1.54) is 0 Å². The Balaban J connectivity index is 4.21. The predicted molar refractivity (Wildman–Crippen MR) is 55.4 cm³/mol. The summed E-state index contributed by atoms with van der Waals surface area (Å²) in [6.45, 7) is 8.59. The lowest BCUT2D eigenvalue weighted by Crippen LogP contribution is -2.71. The normalized spacial score (nSPS) is 16.1. The van der Waals surface area contributed by atoms with Crippen LogP contribution in [0.3, 0.4) is 0 Å². The number of quaternary nitrogens is 1. The van der Waals surface area contributed by atoms with Gasteiger partial charge >= 0.3 is 0 Å². The molecule has 0 radical (unpaired) electrons. The summed E-state index contributed by atoms with van der Waals surface area (Å²) >= 11 is 0. The topological polar surface area (TPSA) is 62.3 Å². The zero-order chi connectivity index (χ0) is 10.5. The number of nitrogens with zero attached hydrogens (tertiary/aromatic N) is 2. The van der Waals surface area contributed by atoms with Gasteiger partial charge in [0.15, 0.2) is 0 Å². The summed E-state index contributed by atoms with van der Waals surface area (Å²) in [4.78, 5) is 3.87. The van der Waals surface area contributed by atoms with Gasteiger partial charge in [0.2, 0.25) is 0 Å². The lowest BCUT2D eigenvalue weighted by atomic mass is 9.86. The number of hydrogen-bond donors (Lipinski definition) is 1. The maximum Gasteiger partial charge on any atom is 0.113 e. The quantitative estimate of drug-likeness (QED) is 0.647. The average Bonchev–Trinajstić information content (AvgIpc) is 2.01. The Morgan fingerprint density at radius 3 is 2.15 bits per heavy atom. The maximum absolute atomic E-state index is 8.51. The molecule has 0 fully saturated rings. The molecule has 0 saturated carbocycles. The number of rotatable bonds is 4. The molecule has 0 aromatic carbocycles. The maximum atomic E-state index is 8.51. The fraction of sp³-hybridized carbons (Fsp3) is 0.900. The van der Waals surface area contributed by atoms with Crippen LogP contribution in [0.25, 0.3) is 5.41 Å². The van der Waals surface area contributed by atoms with Gasteiger partial charge in [-0.15, -0.1) is 6.01 Å². The van der Waals surface area contributed by atoms with Crippen LogP contribution in [0.2, 0.25) is 0 Å². The van der Waals surface area contributed by atoms with E-state index in [9.17, 15) is 0 Å². The lowest BCUT2D eigenvalue weighted by molar-refractivity contribution is -0.478. The van der Waals surface area contributed by atoms with Gasteiger partial charge in [0, 0.05) is 12.8 Å². The van der Waals surface area contributed by atoms with Gasteiger partial charge in [-0.05, 0) is 11.8 Å². The van der Waals surface area contributed by atoms with Gasteiger partial charge in [-0.3, -0.25) is 0 Å². The van der Waals surface area contributed by atoms with E-state index >= 15 is 0 Å². The molecule has 0 aliphatic rings. The molecule has 0 aromatic heterocycles.